The van der Waals surface area contributed by atoms with Gasteiger partial charge in [-0.1, -0.05) is 20.3 Å². The molecule has 1 aliphatic rings. The third-order valence-corrected chi connectivity index (χ3v) is 5.28. The minimum absolute atomic E-state index is 0.0527. The van der Waals surface area contributed by atoms with E-state index in [1.807, 2.05) is 0 Å². The standard InChI is InChI=1S/C19H33N5O7/c1-3-10(2)15(18(29)23-13(9-25)19(30)31)24-17(28)12(6-7-14(20)26)22-16(27)11-5-4-8-21-11/h10-13,15,21,25H,3-9H2,1-2H3,(H2,20,26)(H,22,27)(H,23,29)(H,24,28)(H,30,31). The lowest BCUT2D eigenvalue weighted by atomic mass is 9.97. The fourth-order valence-electron chi connectivity index (χ4n) is 3.14. The van der Waals surface area contributed by atoms with E-state index in [9.17, 15) is 24.0 Å². The van der Waals surface area contributed by atoms with Crippen LogP contribution in [0.5, 0.6) is 0 Å². The van der Waals surface area contributed by atoms with Crippen molar-refractivity contribution in [1.82, 2.24) is 21.3 Å². The van der Waals surface area contributed by atoms with E-state index in [1.54, 1.807) is 13.8 Å². The van der Waals surface area contributed by atoms with Gasteiger partial charge in [-0.05, 0) is 31.7 Å². The van der Waals surface area contributed by atoms with Crippen molar-refractivity contribution in [3.8, 4) is 0 Å². The van der Waals surface area contributed by atoms with E-state index in [4.69, 9.17) is 15.9 Å². The number of aliphatic hydroxyl groups excluding tert-OH is 1. The van der Waals surface area contributed by atoms with Crippen LogP contribution in [0.15, 0.2) is 0 Å². The summed E-state index contributed by atoms with van der Waals surface area (Å²) in [5, 5.41) is 28.5. The number of nitrogens with two attached hydrogens (primary N) is 1. The van der Waals surface area contributed by atoms with Crippen LogP contribution < -0.4 is 27.0 Å². The molecule has 0 radical (unpaired) electrons. The highest BCUT2D eigenvalue weighted by Gasteiger charge is 2.33. The molecule has 176 valence electrons. The Morgan fingerprint density at radius 3 is 2.26 bits per heavy atom. The smallest absolute Gasteiger partial charge is 0.328 e. The molecule has 5 atom stereocenters. The number of primary amides is 1. The van der Waals surface area contributed by atoms with Gasteiger partial charge in [-0.2, -0.15) is 0 Å². The number of hydrogen-bond acceptors (Lipinski definition) is 7. The second kappa shape index (κ2) is 12.8. The summed E-state index contributed by atoms with van der Waals surface area (Å²) in [5.41, 5.74) is 5.17. The molecule has 0 aromatic rings. The zero-order valence-electron chi connectivity index (χ0n) is 17.8. The van der Waals surface area contributed by atoms with Crippen LogP contribution in [-0.4, -0.2) is 77.1 Å². The molecule has 4 amide bonds. The van der Waals surface area contributed by atoms with Crippen molar-refractivity contribution >= 4 is 29.6 Å². The fourth-order valence-corrected chi connectivity index (χ4v) is 3.14. The second-order valence-electron chi connectivity index (χ2n) is 7.67. The SMILES string of the molecule is CCC(C)C(NC(=O)C(CCC(N)=O)NC(=O)C1CCCN1)C(=O)NC(CO)C(=O)O. The number of aliphatic carboxylic acids is 1. The predicted octanol–water partition coefficient (Wildman–Crippen LogP) is -2.42. The van der Waals surface area contributed by atoms with Crippen LogP contribution in [-0.2, 0) is 24.0 Å². The van der Waals surface area contributed by atoms with Crippen LogP contribution in [0.25, 0.3) is 0 Å². The summed E-state index contributed by atoms with van der Waals surface area (Å²) in [7, 11) is 0. The van der Waals surface area contributed by atoms with Gasteiger partial charge in [0.1, 0.15) is 18.1 Å². The van der Waals surface area contributed by atoms with Crippen molar-refractivity contribution in [2.24, 2.45) is 11.7 Å². The van der Waals surface area contributed by atoms with Crippen LogP contribution in [0.1, 0.15) is 46.0 Å². The Hall–Kier alpha value is -2.73. The number of carbonyl (C=O) groups excluding carboxylic acids is 4. The molecular formula is C19H33N5O7. The van der Waals surface area contributed by atoms with Crippen molar-refractivity contribution < 1.29 is 34.2 Å². The third-order valence-electron chi connectivity index (χ3n) is 5.28. The molecule has 0 aromatic carbocycles. The number of rotatable bonds is 13. The van der Waals surface area contributed by atoms with Gasteiger partial charge in [0.15, 0.2) is 0 Å². The van der Waals surface area contributed by atoms with E-state index >= 15 is 0 Å². The number of carboxylic acids is 1. The van der Waals surface area contributed by atoms with Gasteiger partial charge in [0, 0.05) is 6.42 Å². The van der Waals surface area contributed by atoms with Crippen LogP contribution in [0.2, 0.25) is 0 Å². The summed E-state index contributed by atoms with van der Waals surface area (Å²) < 4.78 is 0. The maximum absolute atomic E-state index is 12.9. The zero-order chi connectivity index (χ0) is 23.6. The van der Waals surface area contributed by atoms with E-state index < -0.39 is 60.4 Å². The number of aliphatic hydroxyl groups is 1. The van der Waals surface area contributed by atoms with Crippen molar-refractivity contribution in [3.63, 3.8) is 0 Å². The highest BCUT2D eigenvalue weighted by Crippen LogP contribution is 2.11. The van der Waals surface area contributed by atoms with Gasteiger partial charge in [0.25, 0.3) is 0 Å². The first kappa shape index (κ1) is 26.3. The second-order valence-corrected chi connectivity index (χ2v) is 7.67. The number of carboxylic acid groups (broad SMARTS) is 1. The maximum atomic E-state index is 12.9. The van der Waals surface area contributed by atoms with Crippen LogP contribution >= 0.6 is 0 Å². The number of nitrogens with one attached hydrogen (secondary N) is 4. The lowest BCUT2D eigenvalue weighted by Crippen LogP contribution is -2.59. The van der Waals surface area contributed by atoms with Gasteiger partial charge >= 0.3 is 5.97 Å². The summed E-state index contributed by atoms with van der Waals surface area (Å²) in [5.74, 6) is -4.29. The van der Waals surface area contributed by atoms with Gasteiger partial charge in [0.05, 0.1) is 12.6 Å². The largest absolute Gasteiger partial charge is 0.480 e. The highest BCUT2D eigenvalue weighted by atomic mass is 16.4. The number of hydrogen-bond donors (Lipinski definition) is 7. The molecule has 8 N–H and O–H groups in total. The first-order valence-corrected chi connectivity index (χ1v) is 10.4. The average molecular weight is 444 g/mol. The molecular weight excluding hydrogens is 410 g/mol. The summed E-state index contributed by atoms with van der Waals surface area (Å²) in [6, 6.07) is -4.17. The number of carbonyl (C=O) groups is 5. The summed E-state index contributed by atoms with van der Waals surface area (Å²) in [4.78, 5) is 60.2. The van der Waals surface area contributed by atoms with Crippen molar-refractivity contribution in [1.29, 1.82) is 0 Å². The van der Waals surface area contributed by atoms with Crippen molar-refractivity contribution in [2.75, 3.05) is 13.2 Å². The molecule has 1 saturated heterocycles. The lowest BCUT2D eigenvalue weighted by Gasteiger charge is -2.27. The van der Waals surface area contributed by atoms with Gasteiger partial charge in [-0.15, -0.1) is 0 Å². The molecule has 5 unspecified atom stereocenters. The van der Waals surface area contributed by atoms with E-state index in [1.165, 1.54) is 0 Å². The fraction of sp³-hybridized carbons (Fsp3) is 0.737. The molecule has 0 aromatic heterocycles. The number of amides is 4. The Balaban J connectivity index is 2.93. The van der Waals surface area contributed by atoms with Crippen LogP contribution in [0.4, 0.5) is 0 Å². The van der Waals surface area contributed by atoms with Gasteiger partial charge in [-0.3, -0.25) is 19.2 Å². The van der Waals surface area contributed by atoms with Crippen molar-refractivity contribution in [3.05, 3.63) is 0 Å². The molecule has 0 saturated carbocycles. The molecule has 1 aliphatic heterocycles. The molecule has 0 aliphatic carbocycles. The first-order chi connectivity index (χ1) is 14.6. The Morgan fingerprint density at radius 1 is 1.10 bits per heavy atom. The topological polar surface area (TPSA) is 200 Å². The molecule has 12 heteroatoms. The maximum Gasteiger partial charge on any atom is 0.328 e. The Bertz CT molecular complexity index is 666. The van der Waals surface area contributed by atoms with E-state index in [2.05, 4.69) is 21.3 Å². The minimum Gasteiger partial charge on any atom is -0.480 e. The first-order valence-electron chi connectivity index (χ1n) is 10.4. The Morgan fingerprint density at radius 2 is 1.77 bits per heavy atom. The highest BCUT2D eigenvalue weighted by molar-refractivity contribution is 5.94. The summed E-state index contributed by atoms with van der Waals surface area (Å²) in [6.45, 7) is 3.35. The molecule has 1 fully saturated rings. The molecule has 31 heavy (non-hydrogen) atoms. The van der Waals surface area contributed by atoms with Crippen LogP contribution in [0.3, 0.4) is 0 Å². The molecule has 1 heterocycles. The average Bonchev–Trinajstić information content (AvgIpc) is 3.26. The molecule has 0 bridgehead atoms. The monoisotopic (exact) mass is 443 g/mol. The Kier molecular flexibility index (Phi) is 10.9. The molecule has 0 spiro atoms. The van der Waals surface area contributed by atoms with Gasteiger partial charge in [0.2, 0.25) is 23.6 Å². The van der Waals surface area contributed by atoms with E-state index in [0.717, 1.165) is 6.42 Å². The minimum atomic E-state index is -1.52. The van der Waals surface area contributed by atoms with Gasteiger partial charge in [-0.25, -0.2) is 4.79 Å². The quantitative estimate of drug-likeness (QED) is 0.163. The molecule has 12 nitrogen and oxygen atoms in total. The summed E-state index contributed by atoms with van der Waals surface area (Å²) >= 11 is 0. The normalized spacial score (nSPS) is 19.5. The third kappa shape index (κ3) is 8.50. The van der Waals surface area contributed by atoms with E-state index in [0.29, 0.717) is 19.4 Å². The van der Waals surface area contributed by atoms with Crippen LogP contribution in [0, 0.1) is 5.92 Å². The van der Waals surface area contributed by atoms with Gasteiger partial charge < -0.3 is 37.2 Å². The predicted molar refractivity (Wildman–Crippen MR) is 109 cm³/mol. The lowest BCUT2D eigenvalue weighted by molar-refractivity contribution is -0.143. The Labute approximate surface area is 180 Å². The summed E-state index contributed by atoms with van der Waals surface area (Å²) in [6.07, 6.45) is 1.72. The van der Waals surface area contributed by atoms with E-state index in [-0.39, 0.29) is 18.8 Å². The zero-order valence-corrected chi connectivity index (χ0v) is 17.8. The molecule has 1 rings (SSSR count). The van der Waals surface area contributed by atoms with Crippen molar-refractivity contribution in [2.45, 2.75) is 70.1 Å².